The van der Waals surface area contributed by atoms with Gasteiger partial charge in [0.25, 0.3) is 5.91 Å². The van der Waals surface area contributed by atoms with Crippen molar-refractivity contribution in [3.8, 4) is 5.75 Å². The normalized spacial score (nSPS) is 24.4. The van der Waals surface area contributed by atoms with E-state index in [0.717, 1.165) is 25.8 Å². The van der Waals surface area contributed by atoms with Crippen molar-refractivity contribution in [2.45, 2.75) is 39.3 Å². The van der Waals surface area contributed by atoms with E-state index in [2.05, 4.69) is 30.4 Å². The Morgan fingerprint density at radius 1 is 1.27 bits per heavy atom. The minimum Gasteiger partial charge on any atom is -0.491 e. The van der Waals surface area contributed by atoms with Gasteiger partial charge in [0.2, 0.25) is 10.0 Å². The summed E-state index contributed by atoms with van der Waals surface area (Å²) in [5.74, 6) is 0.412. The Morgan fingerprint density at radius 3 is 2.57 bits per heavy atom. The second-order valence-corrected chi connectivity index (χ2v) is 9.93. The van der Waals surface area contributed by atoms with Gasteiger partial charge >= 0.3 is 0 Å². The quantitative estimate of drug-likeness (QED) is 0.754. The molecule has 0 spiro atoms. The predicted octanol–water partition coefficient (Wildman–Crippen LogP) is 2.27. The zero-order valence-electron chi connectivity index (χ0n) is 18.8. The lowest BCUT2D eigenvalue weighted by molar-refractivity contribution is 0.0108. The number of benzene rings is 1. The van der Waals surface area contributed by atoms with E-state index in [1.807, 2.05) is 0 Å². The standard InChI is InChI=1S/C21H35N3O5S/c1-7-10-24-12-15(2)20(28-5)13-23(4)21(25)18-9-8-17(22-30(6,26)27)11-19(18)29-14-16(24)3/h8-9,11,15-16,20,22H,7,10,12-14H2,1-6H3/t15-,16+,20-/m1/s1. The number of methoxy groups -OCH3 is 1. The summed E-state index contributed by atoms with van der Waals surface area (Å²) in [6.45, 7) is 9.00. The molecule has 0 unspecified atom stereocenters. The van der Waals surface area contributed by atoms with Crippen molar-refractivity contribution in [1.82, 2.24) is 9.80 Å². The summed E-state index contributed by atoms with van der Waals surface area (Å²) in [6, 6.07) is 4.87. The van der Waals surface area contributed by atoms with Crippen LogP contribution in [0.5, 0.6) is 5.75 Å². The van der Waals surface area contributed by atoms with Crippen molar-refractivity contribution in [2.24, 2.45) is 5.92 Å². The van der Waals surface area contributed by atoms with Crippen LogP contribution in [0.2, 0.25) is 0 Å². The Bertz CT molecular complexity index is 830. The van der Waals surface area contributed by atoms with Crippen LogP contribution in [0, 0.1) is 5.92 Å². The van der Waals surface area contributed by atoms with Crippen LogP contribution in [0.4, 0.5) is 5.69 Å². The molecule has 0 aliphatic carbocycles. The Balaban J connectivity index is 2.44. The summed E-state index contributed by atoms with van der Waals surface area (Å²) >= 11 is 0. The Kier molecular flexibility index (Phi) is 8.52. The third-order valence-electron chi connectivity index (χ3n) is 5.39. The number of likely N-dealkylation sites (N-methyl/N-ethyl adjacent to an activating group) is 1. The summed E-state index contributed by atoms with van der Waals surface area (Å²) in [5, 5.41) is 0. The van der Waals surface area contributed by atoms with Gasteiger partial charge in [0.15, 0.2) is 0 Å². The predicted molar refractivity (Wildman–Crippen MR) is 119 cm³/mol. The lowest BCUT2D eigenvalue weighted by Gasteiger charge is -2.35. The number of carbonyl (C=O) groups is 1. The van der Waals surface area contributed by atoms with Crippen LogP contribution in [0.25, 0.3) is 0 Å². The number of fused-ring (bicyclic) bond motifs is 1. The number of hydrogen-bond acceptors (Lipinski definition) is 6. The van der Waals surface area contributed by atoms with E-state index < -0.39 is 10.0 Å². The van der Waals surface area contributed by atoms with Gasteiger partial charge in [-0.25, -0.2) is 8.42 Å². The number of nitrogens with zero attached hydrogens (tertiary/aromatic N) is 2. The largest absolute Gasteiger partial charge is 0.491 e. The summed E-state index contributed by atoms with van der Waals surface area (Å²) in [5.41, 5.74) is 0.758. The number of ether oxygens (including phenoxy) is 2. The zero-order chi connectivity index (χ0) is 22.5. The van der Waals surface area contributed by atoms with E-state index in [1.165, 1.54) is 0 Å². The number of nitrogens with one attached hydrogen (secondary N) is 1. The second kappa shape index (κ2) is 10.5. The molecule has 0 saturated heterocycles. The molecule has 1 aromatic rings. The van der Waals surface area contributed by atoms with Crippen molar-refractivity contribution >= 4 is 21.6 Å². The van der Waals surface area contributed by atoms with Crippen LogP contribution < -0.4 is 9.46 Å². The fourth-order valence-corrected chi connectivity index (χ4v) is 4.28. The monoisotopic (exact) mass is 441 g/mol. The molecule has 9 heteroatoms. The molecule has 170 valence electrons. The molecule has 3 atom stereocenters. The number of amides is 1. The van der Waals surface area contributed by atoms with Gasteiger partial charge in [-0.05, 0) is 37.9 Å². The SMILES string of the molecule is CCCN1C[C@@H](C)[C@H](OC)CN(C)C(=O)c2ccc(NS(C)(=O)=O)cc2OC[C@@H]1C. The molecule has 0 fully saturated rings. The smallest absolute Gasteiger partial charge is 0.257 e. The molecule has 1 N–H and O–H groups in total. The highest BCUT2D eigenvalue weighted by Gasteiger charge is 2.28. The van der Waals surface area contributed by atoms with E-state index in [1.54, 1.807) is 37.3 Å². The molecule has 1 aliphatic rings. The van der Waals surface area contributed by atoms with Gasteiger partial charge in [0, 0.05) is 39.4 Å². The fraction of sp³-hybridized carbons (Fsp3) is 0.667. The Hall–Kier alpha value is -1.84. The van der Waals surface area contributed by atoms with Crippen LogP contribution in [-0.4, -0.2) is 82.9 Å². The van der Waals surface area contributed by atoms with Gasteiger partial charge in [0.1, 0.15) is 12.4 Å². The number of anilines is 1. The van der Waals surface area contributed by atoms with Gasteiger partial charge in [0.05, 0.1) is 23.6 Å². The molecule has 2 rings (SSSR count). The summed E-state index contributed by atoms with van der Waals surface area (Å²) in [7, 11) is -0.0159. The molecule has 1 amide bonds. The van der Waals surface area contributed by atoms with Crippen LogP contribution in [0.3, 0.4) is 0 Å². The first kappa shape index (κ1) is 24.4. The highest BCUT2D eigenvalue weighted by molar-refractivity contribution is 7.92. The zero-order valence-corrected chi connectivity index (χ0v) is 19.7. The second-order valence-electron chi connectivity index (χ2n) is 8.18. The molecule has 1 aromatic carbocycles. The molecular weight excluding hydrogens is 406 g/mol. The number of rotatable bonds is 5. The van der Waals surface area contributed by atoms with E-state index >= 15 is 0 Å². The first-order chi connectivity index (χ1) is 14.1. The lowest BCUT2D eigenvalue weighted by Crippen LogP contribution is -2.46. The van der Waals surface area contributed by atoms with Crippen molar-refractivity contribution in [3.05, 3.63) is 23.8 Å². The van der Waals surface area contributed by atoms with Crippen LogP contribution >= 0.6 is 0 Å². The summed E-state index contributed by atoms with van der Waals surface area (Å²) < 4.78 is 37.4. The molecule has 1 aliphatic heterocycles. The van der Waals surface area contributed by atoms with Crippen LogP contribution in [0.15, 0.2) is 18.2 Å². The highest BCUT2D eigenvalue weighted by atomic mass is 32.2. The van der Waals surface area contributed by atoms with Gasteiger partial charge in [-0.15, -0.1) is 0 Å². The van der Waals surface area contributed by atoms with Gasteiger partial charge in [-0.2, -0.15) is 0 Å². The van der Waals surface area contributed by atoms with Crippen molar-refractivity contribution in [2.75, 3.05) is 51.4 Å². The minimum absolute atomic E-state index is 0.0968. The maximum absolute atomic E-state index is 13.1. The molecule has 30 heavy (non-hydrogen) atoms. The third-order valence-corrected chi connectivity index (χ3v) is 6.00. The maximum atomic E-state index is 13.1. The molecule has 0 radical (unpaired) electrons. The van der Waals surface area contributed by atoms with Crippen LogP contribution in [0.1, 0.15) is 37.6 Å². The van der Waals surface area contributed by atoms with Crippen molar-refractivity contribution < 1.29 is 22.7 Å². The first-order valence-electron chi connectivity index (χ1n) is 10.3. The average Bonchev–Trinajstić information content (AvgIpc) is 2.67. The molecule has 0 saturated carbocycles. The summed E-state index contributed by atoms with van der Waals surface area (Å²) in [6.07, 6.45) is 2.01. The molecule has 0 bridgehead atoms. The number of sulfonamides is 1. The van der Waals surface area contributed by atoms with Crippen molar-refractivity contribution in [3.63, 3.8) is 0 Å². The van der Waals surface area contributed by atoms with E-state index in [-0.39, 0.29) is 24.0 Å². The number of carbonyl (C=O) groups excluding carboxylic acids is 1. The third kappa shape index (κ3) is 6.58. The van der Waals surface area contributed by atoms with Gasteiger partial charge in [-0.3, -0.25) is 14.4 Å². The molecule has 1 heterocycles. The van der Waals surface area contributed by atoms with E-state index in [4.69, 9.17) is 9.47 Å². The first-order valence-corrected chi connectivity index (χ1v) is 12.2. The topological polar surface area (TPSA) is 88.2 Å². The van der Waals surface area contributed by atoms with Crippen molar-refractivity contribution in [1.29, 1.82) is 0 Å². The van der Waals surface area contributed by atoms with E-state index in [0.29, 0.717) is 30.2 Å². The average molecular weight is 442 g/mol. The molecule has 0 aromatic heterocycles. The summed E-state index contributed by atoms with van der Waals surface area (Å²) in [4.78, 5) is 17.1. The number of hydrogen-bond donors (Lipinski definition) is 1. The van der Waals surface area contributed by atoms with E-state index in [9.17, 15) is 13.2 Å². The molecule has 8 nitrogen and oxygen atoms in total. The fourth-order valence-electron chi connectivity index (χ4n) is 3.72. The minimum atomic E-state index is -3.44. The molecular formula is C21H35N3O5S. The van der Waals surface area contributed by atoms with Gasteiger partial charge in [-0.1, -0.05) is 13.8 Å². The lowest BCUT2D eigenvalue weighted by atomic mass is 10.0. The van der Waals surface area contributed by atoms with Crippen LogP contribution in [-0.2, 0) is 14.8 Å². The maximum Gasteiger partial charge on any atom is 0.257 e. The highest BCUT2D eigenvalue weighted by Crippen LogP contribution is 2.27. The Morgan fingerprint density at radius 2 is 1.97 bits per heavy atom. The Labute approximate surface area is 180 Å². The van der Waals surface area contributed by atoms with Gasteiger partial charge < -0.3 is 14.4 Å².